The molecule has 72 valence electrons. The van der Waals surface area contributed by atoms with Gasteiger partial charge < -0.3 is 14.4 Å². The highest BCUT2D eigenvalue weighted by molar-refractivity contribution is 5.68. The van der Waals surface area contributed by atoms with E-state index in [0.717, 1.165) is 0 Å². The van der Waals surface area contributed by atoms with Gasteiger partial charge in [-0.1, -0.05) is 0 Å². The molecule has 1 rings (SSSR count). The third-order valence-corrected chi connectivity index (χ3v) is 1.54. The van der Waals surface area contributed by atoms with Gasteiger partial charge in [0.05, 0.1) is 6.61 Å². The summed E-state index contributed by atoms with van der Waals surface area (Å²) in [5.74, 6) is -0.462. The molecule has 0 radical (unpaired) electrons. The first-order valence-electron chi connectivity index (χ1n) is 3.81. The lowest BCUT2D eigenvalue weighted by atomic mass is 10.4. The van der Waals surface area contributed by atoms with E-state index in [-0.39, 0.29) is 6.42 Å². The first-order chi connectivity index (χ1) is 6.24. The van der Waals surface area contributed by atoms with E-state index in [2.05, 4.69) is 10.2 Å². The maximum Gasteiger partial charge on any atom is 0.311 e. The lowest BCUT2D eigenvalue weighted by Gasteiger charge is -2.02. The van der Waals surface area contributed by atoms with Gasteiger partial charge in [-0.05, 0) is 0 Å². The van der Waals surface area contributed by atoms with Gasteiger partial charge in [0.25, 0.3) is 0 Å². The molecule has 6 heteroatoms. The highest BCUT2D eigenvalue weighted by atomic mass is 16.5. The molecule has 0 aliphatic rings. The van der Waals surface area contributed by atoms with Crippen LogP contribution in [0.2, 0.25) is 0 Å². The number of methoxy groups -OCH3 is 1. The van der Waals surface area contributed by atoms with Gasteiger partial charge in [-0.3, -0.25) is 4.79 Å². The summed E-state index contributed by atoms with van der Waals surface area (Å²) in [4.78, 5) is 10.4. The molecule has 6 nitrogen and oxygen atoms in total. The Kier molecular flexibility index (Phi) is 3.39. The number of nitrogens with zero attached hydrogens (tertiary/aromatic N) is 3. The van der Waals surface area contributed by atoms with Crippen LogP contribution in [-0.4, -0.2) is 39.6 Å². The van der Waals surface area contributed by atoms with Crippen LogP contribution < -0.4 is 0 Å². The number of rotatable bonds is 5. The molecule has 0 amide bonds. The second-order valence-corrected chi connectivity index (χ2v) is 2.50. The lowest BCUT2D eigenvalue weighted by molar-refractivity contribution is -0.136. The number of aliphatic carboxylic acids is 1. The summed E-state index contributed by atoms with van der Waals surface area (Å²) in [5.41, 5.74) is 0. The molecule has 0 aliphatic heterocycles. The third-order valence-electron chi connectivity index (χ3n) is 1.54. The van der Waals surface area contributed by atoms with Gasteiger partial charge >= 0.3 is 5.97 Å². The largest absolute Gasteiger partial charge is 0.481 e. The fourth-order valence-electron chi connectivity index (χ4n) is 0.927. The topological polar surface area (TPSA) is 77.2 Å². The van der Waals surface area contributed by atoms with E-state index in [1.807, 2.05) is 0 Å². The second kappa shape index (κ2) is 4.56. The van der Waals surface area contributed by atoms with Crippen LogP contribution in [0.15, 0.2) is 6.33 Å². The van der Waals surface area contributed by atoms with Crippen LogP contribution >= 0.6 is 0 Å². The molecule has 1 aromatic heterocycles. The van der Waals surface area contributed by atoms with Crippen LogP contribution in [0, 0.1) is 0 Å². The highest BCUT2D eigenvalue weighted by Gasteiger charge is 2.07. The minimum atomic E-state index is -0.910. The van der Waals surface area contributed by atoms with Gasteiger partial charge in [-0.25, -0.2) is 0 Å². The average Bonchev–Trinajstić information content (AvgIpc) is 2.48. The summed E-state index contributed by atoms with van der Waals surface area (Å²) in [7, 11) is 1.58. The Labute approximate surface area is 75.2 Å². The van der Waals surface area contributed by atoms with Gasteiger partial charge in [0.2, 0.25) is 0 Å². The predicted molar refractivity (Wildman–Crippen MR) is 43.2 cm³/mol. The predicted octanol–water partition coefficient (Wildman–Crippen LogP) is -0.448. The quantitative estimate of drug-likeness (QED) is 0.672. The summed E-state index contributed by atoms with van der Waals surface area (Å²) in [6.45, 7) is 1.09. The number of hydrogen-bond acceptors (Lipinski definition) is 4. The maximum absolute atomic E-state index is 10.4. The van der Waals surface area contributed by atoms with Crippen molar-refractivity contribution in [1.29, 1.82) is 0 Å². The Morgan fingerprint density at radius 2 is 2.54 bits per heavy atom. The van der Waals surface area contributed by atoms with Gasteiger partial charge in [0, 0.05) is 13.7 Å². The van der Waals surface area contributed by atoms with Crippen LogP contribution in [0.5, 0.6) is 0 Å². The maximum atomic E-state index is 10.4. The molecule has 1 heterocycles. The number of aromatic nitrogens is 3. The molecule has 0 spiro atoms. The summed E-state index contributed by atoms with van der Waals surface area (Å²) in [6.07, 6.45) is 1.39. The van der Waals surface area contributed by atoms with Crippen LogP contribution in [0.1, 0.15) is 5.82 Å². The molecule has 0 saturated carbocycles. The van der Waals surface area contributed by atoms with Gasteiger partial charge in [-0.2, -0.15) is 0 Å². The minimum Gasteiger partial charge on any atom is -0.481 e. The van der Waals surface area contributed by atoms with Crippen LogP contribution in [0.4, 0.5) is 0 Å². The van der Waals surface area contributed by atoms with Crippen molar-refractivity contribution < 1.29 is 14.6 Å². The normalized spacial score (nSPS) is 10.2. The van der Waals surface area contributed by atoms with Crippen molar-refractivity contribution in [3.05, 3.63) is 12.2 Å². The summed E-state index contributed by atoms with van der Waals surface area (Å²) in [5, 5.41) is 15.8. The van der Waals surface area contributed by atoms with E-state index >= 15 is 0 Å². The van der Waals surface area contributed by atoms with Gasteiger partial charge in [0.15, 0.2) is 0 Å². The molecule has 1 N–H and O–H groups in total. The first-order valence-corrected chi connectivity index (χ1v) is 3.81. The van der Waals surface area contributed by atoms with E-state index in [4.69, 9.17) is 9.84 Å². The SMILES string of the molecule is COCCn1cnnc1CC(=O)O. The zero-order valence-electron chi connectivity index (χ0n) is 7.30. The Morgan fingerprint density at radius 1 is 1.77 bits per heavy atom. The van der Waals surface area contributed by atoms with E-state index in [0.29, 0.717) is 19.0 Å². The Balaban J connectivity index is 2.60. The molecule has 0 fully saturated rings. The summed E-state index contributed by atoms with van der Waals surface area (Å²) < 4.78 is 6.52. The highest BCUT2D eigenvalue weighted by Crippen LogP contribution is 1.96. The Bertz CT molecular complexity index is 284. The minimum absolute atomic E-state index is 0.107. The Hall–Kier alpha value is -1.43. The molecule has 0 aliphatic carbocycles. The second-order valence-electron chi connectivity index (χ2n) is 2.50. The van der Waals surface area contributed by atoms with E-state index in [9.17, 15) is 4.79 Å². The van der Waals surface area contributed by atoms with E-state index < -0.39 is 5.97 Å². The number of carbonyl (C=O) groups is 1. The fourth-order valence-corrected chi connectivity index (χ4v) is 0.927. The summed E-state index contributed by atoms with van der Waals surface area (Å²) >= 11 is 0. The number of carboxylic acid groups (broad SMARTS) is 1. The van der Waals surface area contributed by atoms with Crippen molar-refractivity contribution in [2.75, 3.05) is 13.7 Å². The average molecular weight is 185 g/mol. The molecule has 0 aromatic carbocycles. The summed E-state index contributed by atoms with van der Waals surface area (Å²) in [6, 6.07) is 0. The van der Waals surface area contributed by atoms with Crippen molar-refractivity contribution >= 4 is 5.97 Å². The van der Waals surface area contributed by atoms with Gasteiger partial charge in [0.1, 0.15) is 18.6 Å². The molecule has 0 unspecified atom stereocenters. The smallest absolute Gasteiger partial charge is 0.311 e. The third kappa shape index (κ3) is 2.83. The van der Waals surface area contributed by atoms with Gasteiger partial charge in [-0.15, -0.1) is 10.2 Å². The Morgan fingerprint density at radius 3 is 3.15 bits per heavy atom. The molecule has 1 aromatic rings. The number of carboxylic acids is 1. The standard InChI is InChI=1S/C7H11N3O3/c1-13-3-2-10-5-8-9-6(10)4-7(11)12/h5H,2-4H2,1H3,(H,11,12). The number of hydrogen-bond donors (Lipinski definition) is 1. The van der Waals surface area contributed by atoms with Crippen molar-refractivity contribution in [2.24, 2.45) is 0 Å². The monoisotopic (exact) mass is 185 g/mol. The van der Waals surface area contributed by atoms with E-state index in [1.54, 1.807) is 11.7 Å². The first kappa shape index (κ1) is 9.66. The van der Waals surface area contributed by atoms with Crippen molar-refractivity contribution in [2.45, 2.75) is 13.0 Å². The lowest BCUT2D eigenvalue weighted by Crippen LogP contribution is -2.11. The van der Waals surface area contributed by atoms with Crippen LogP contribution in [0.3, 0.4) is 0 Å². The van der Waals surface area contributed by atoms with Crippen LogP contribution in [-0.2, 0) is 22.5 Å². The molecule has 0 bridgehead atoms. The zero-order valence-corrected chi connectivity index (χ0v) is 7.30. The molecule has 13 heavy (non-hydrogen) atoms. The van der Waals surface area contributed by atoms with E-state index in [1.165, 1.54) is 6.33 Å². The molecule has 0 saturated heterocycles. The van der Waals surface area contributed by atoms with Crippen LogP contribution in [0.25, 0.3) is 0 Å². The molecular weight excluding hydrogens is 174 g/mol. The molecular formula is C7H11N3O3. The zero-order chi connectivity index (χ0) is 9.68. The number of ether oxygens (including phenoxy) is 1. The van der Waals surface area contributed by atoms with Crippen molar-refractivity contribution in [3.8, 4) is 0 Å². The molecule has 0 atom stereocenters. The van der Waals surface area contributed by atoms with Crippen molar-refractivity contribution in [1.82, 2.24) is 14.8 Å². The fraction of sp³-hybridized carbons (Fsp3) is 0.571. The van der Waals surface area contributed by atoms with Crippen molar-refractivity contribution in [3.63, 3.8) is 0 Å².